The first-order valence-corrected chi connectivity index (χ1v) is 6.11. The molecule has 0 aromatic carbocycles. The highest BCUT2D eigenvalue weighted by Crippen LogP contribution is 2.21. The Balaban J connectivity index is 2.63. The van der Waals surface area contributed by atoms with Gasteiger partial charge in [-0.05, 0) is 33.6 Å². The molecule has 0 spiro atoms. The summed E-state index contributed by atoms with van der Waals surface area (Å²) in [5.74, 6) is -0.469. The first-order chi connectivity index (χ1) is 7.85. The molecule has 0 N–H and O–H groups in total. The predicted octanol–water partition coefficient (Wildman–Crippen LogP) is 2.13. The summed E-state index contributed by atoms with van der Waals surface area (Å²) < 4.78 is 9.94. The Morgan fingerprint density at radius 2 is 2.06 bits per heavy atom. The number of hydrogen-bond donors (Lipinski definition) is 0. The van der Waals surface area contributed by atoms with Gasteiger partial charge in [0.15, 0.2) is 6.07 Å². The molecule has 1 aliphatic heterocycles. The van der Waals surface area contributed by atoms with Crippen molar-refractivity contribution in [1.82, 2.24) is 4.90 Å². The quantitative estimate of drug-likeness (QED) is 0.566. The van der Waals surface area contributed by atoms with E-state index in [1.54, 1.807) is 20.8 Å². The Morgan fingerprint density at radius 3 is 2.59 bits per heavy atom. The first-order valence-electron chi connectivity index (χ1n) is 5.57. The van der Waals surface area contributed by atoms with Gasteiger partial charge < -0.3 is 9.47 Å². The van der Waals surface area contributed by atoms with Crippen molar-refractivity contribution in [3.05, 3.63) is 0 Å². The van der Waals surface area contributed by atoms with E-state index in [0.717, 1.165) is 6.42 Å². The molecule has 1 amide bonds. The molecule has 0 aromatic heterocycles. The second-order valence-corrected chi connectivity index (χ2v) is 5.12. The van der Waals surface area contributed by atoms with E-state index in [9.17, 15) is 9.59 Å². The van der Waals surface area contributed by atoms with Gasteiger partial charge in [0.25, 0.3) is 0 Å². The number of esters is 1. The van der Waals surface area contributed by atoms with Crippen molar-refractivity contribution in [3.63, 3.8) is 0 Å². The van der Waals surface area contributed by atoms with Crippen molar-refractivity contribution in [2.45, 2.75) is 45.3 Å². The maximum atomic E-state index is 11.8. The summed E-state index contributed by atoms with van der Waals surface area (Å²) in [6.07, 6.45) is 0.877. The fraction of sp³-hybridized carbons (Fsp3) is 0.818. The third-order valence-electron chi connectivity index (χ3n) is 2.35. The topological polar surface area (TPSA) is 55.8 Å². The number of alkyl halides is 1. The normalized spacial score (nSPS) is 20.2. The minimum Gasteiger partial charge on any atom is -0.448 e. The number of ether oxygens (including phenoxy) is 2. The summed E-state index contributed by atoms with van der Waals surface area (Å²) in [4.78, 5) is 24.8. The largest absolute Gasteiger partial charge is 0.448 e. The van der Waals surface area contributed by atoms with E-state index >= 15 is 0 Å². The molecular weight excluding hydrogens is 246 g/mol. The van der Waals surface area contributed by atoms with Gasteiger partial charge in [-0.1, -0.05) is 11.6 Å². The second-order valence-electron chi connectivity index (χ2n) is 4.90. The summed E-state index contributed by atoms with van der Waals surface area (Å²) in [7, 11) is 0. The minimum atomic E-state index is -0.569. The van der Waals surface area contributed by atoms with Crippen LogP contribution >= 0.6 is 11.6 Å². The Hall–Kier alpha value is -0.970. The van der Waals surface area contributed by atoms with Crippen LogP contribution in [0.2, 0.25) is 0 Å². The molecule has 1 aliphatic rings. The van der Waals surface area contributed by atoms with Crippen LogP contribution in [-0.4, -0.2) is 41.2 Å². The van der Waals surface area contributed by atoms with E-state index in [2.05, 4.69) is 0 Å². The minimum absolute atomic E-state index is 0.197. The summed E-state index contributed by atoms with van der Waals surface area (Å²) in [5, 5.41) is 0. The van der Waals surface area contributed by atoms with Crippen LogP contribution in [0.5, 0.6) is 0 Å². The van der Waals surface area contributed by atoms with Gasteiger partial charge in [0.05, 0.1) is 0 Å². The molecule has 1 unspecified atom stereocenters. The van der Waals surface area contributed by atoms with Crippen molar-refractivity contribution in [2.24, 2.45) is 0 Å². The summed E-state index contributed by atoms with van der Waals surface area (Å²) in [6, 6.07) is -0.763. The molecule has 0 bridgehead atoms. The zero-order valence-corrected chi connectivity index (χ0v) is 11.1. The van der Waals surface area contributed by atoms with E-state index in [1.165, 1.54) is 4.90 Å². The predicted molar refractivity (Wildman–Crippen MR) is 62.8 cm³/mol. The van der Waals surface area contributed by atoms with E-state index in [-0.39, 0.29) is 6.07 Å². The van der Waals surface area contributed by atoms with Crippen molar-refractivity contribution in [1.29, 1.82) is 0 Å². The van der Waals surface area contributed by atoms with Gasteiger partial charge in [-0.3, -0.25) is 4.90 Å². The second kappa shape index (κ2) is 5.58. The molecule has 1 rings (SSSR count). The lowest BCUT2D eigenvalue weighted by Crippen LogP contribution is -2.43. The van der Waals surface area contributed by atoms with Crippen LogP contribution in [0, 0.1) is 0 Å². The Morgan fingerprint density at radius 1 is 1.41 bits per heavy atom. The van der Waals surface area contributed by atoms with Crippen LogP contribution in [-0.2, 0) is 14.3 Å². The highest BCUT2D eigenvalue weighted by Gasteiger charge is 2.37. The molecule has 0 aliphatic carbocycles. The van der Waals surface area contributed by atoms with Gasteiger partial charge in [-0.2, -0.15) is 0 Å². The zero-order chi connectivity index (χ0) is 13.1. The molecule has 1 saturated heterocycles. The lowest BCUT2D eigenvalue weighted by Gasteiger charge is -2.27. The third-order valence-corrected chi connectivity index (χ3v) is 2.46. The molecule has 0 saturated carbocycles. The van der Waals surface area contributed by atoms with E-state index in [0.29, 0.717) is 13.0 Å². The van der Waals surface area contributed by atoms with Gasteiger partial charge in [-0.15, -0.1) is 0 Å². The van der Waals surface area contributed by atoms with Crippen LogP contribution in [0.1, 0.15) is 33.6 Å². The number of carbonyl (C=O) groups is 2. The molecular formula is C11H18ClNO4. The zero-order valence-electron chi connectivity index (χ0n) is 10.4. The lowest BCUT2D eigenvalue weighted by atomic mass is 10.2. The standard InChI is InChI=1S/C11H18ClNO4/c1-11(2,3)17-10(15)13-6-4-5-8(13)9(14)16-7-12/h8H,4-7H2,1-3H3. The number of nitrogens with zero attached hydrogens (tertiary/aromatic N) is 1. The van der Waals surface area contributed by atoms with E-state index in [1.807, 2.05) is 0 Å². The number of rotatable bonds is 2. The fourth-order valence-corrected chi connectivity index (χ4v) is 1.81. The van der Waals surface area contributed by atoms with Crippen molar-refractivity contribution in [3.8, 4) is 0 Å². The smallest absolute Gasteiger partial charge is 0.411 e. The molecule has 98 valence electrons. The maximum absolute atomic E-state index is 11.8. The average Bonchev–Trinajstić information content (AvgIpc) is 2.63. The number of carbonyl (C=O) groups excluding carboxylic acids is 2. The number of amides is 1. The molecule has 0 aromatic rings. The fourth-order valence-electron chi connectivity index (χ4n) is 1.70. The molecule has 1 atom stereocenters. The average molecular weight is 264 g/mol. The third kappa shape index (κ3) is 4.07. The van der Waals surface area contributed by atoms with E-state index < -0.39 is 23.7 Å². The van der Waals surface area contributed by atoms with Crippen LogP contribution in [0.4, 0.5) is 4.79 Å². The highest BCUT2D eigenvalue weighted by atomic mass is 35.5. The molecule has 0 radical (unpaired) electrons. The summed E-state index contributed by atoms with van der Waals surface area (Å²) in [5.41, 5.74) is -0.569. The summed E-state index contributed by atoms with van der Waals surface area (Å²) in [6.45, 7) is 5.87. The van der Waals surface area contributed by atoms with Gasteiger partial charge >= 0.3 is 12.1 Å². The van der Waals surface area contributed by atoms with Crippen LogP contribution in [0.3, 0.4) is 0 Å². The SMILES string of the molecule is CC(C)(C)OC(=O)N1CCCC1C(=O)OCCl. The van der Waals surface area contributed by atoms with Crippen LogP contribution < -0.4 is 0 Å². The Bertz CT molecular complexity index is 300. The monoisotopic (exact) mass is 263 g/mol. The number of likely N-dealkylation sites (tertiary alicyclic amines) is 1. The molecule has 5 nitrogen and oxygen atoms in total. The van der Waals surface area contributed by atoms with Gasteiger partial charge in [0, 0.05) is 6.54 Å². The summed E-state index contributed by atoms with van der Waals surface area (Å²) >= 11 is 5.33. The van der Waals surface area contributed by atoms with Gasteiger partial charge in [0.2, 0.25) is 0 Å². The van der Waals surface area contributed by atoms with E-state index in [4.69, 9.17) is 21.1 Å². The van der Waals surface area contributed by atoms with Crippen LogP contribution in [0.25, 0.3) is 0 Å². The lowest BCUT2D eigenvalue weighted by molar-refractivity contribution is -0.146. The number of halogens is 1. The van der Waals surface area contributed by atoms with Crippen LogP contribution in [0.15, 0.2) is 0 Å². The van der Waals surface area contributed by atoms with Crippen molar-refractivity contribution < 1.29 is 19.1 Å². The Kier molecular flexibility index (Phi) is 4.62. The molecule has 1 fully saturated rings. The number of hydrogen-bond acceptors (Lipinski definition) is 4. The van der Waals surface area contributed by atoms with Gasteiger partial charge in [0.1, 0.15) is 11.6 Å². The molecule has 6 heteroatoms. The molecule has 17 heavy (non-hydrogen) atoms. The van der Waals surface area contributed by atoms with Crippen molar-refractivity contribution in [2.75, 3.05) is 12.6 Å². The first kappa shape index (κ1) is 14.1. The van der Waals surface area contributed by atoms with Gasteiger partial charge in [-0.25, -0.2) is 9.59 Å². The Labute approximate surface area is 106 Å². The highest BCUT2D eigenvalue weighted by molar-refractivity contribution is 6.17. The molecule has 1 heterocycles. The maximum Gasteiger partial charge on any atom is 0.411 e. The van der Waals surface area contributed by atoms with Crippen molar-refractivity contribution >= 4 is 23.7 Å².